The molecule has 1 amide bonds. The van der Waals surface area contributed by atoms with Crippen molar-refractivity contribution in [1.29, 1.82) is 0 Å². The number of amides is 1. The summed E-state index contributed by atoms with van der Waals surface area (Å²) in [7, 11) is 0. The normalized spacial score (nSPS) is 15.0. The lowest BCUT2D eigenvalue weighted by Crippen LogP contribution is -2.38. The molecule has 4 rings (SSSR count). The van der Waals surface area contributed by atoms with Gasteiger partial charge in [-0.15, -0.1) is 0 Å². The molecule has 0 radical (unpaired) electrons. The average molecular weight is 389 g/mol. The zero-order valence-electron chi connectivity index (χ0n) is 17.6. The van der Waals surface area contributed by atoms with Gasteiger partial charge in [0.15, 0.2) is 5.65 Å². The maximum atomic E-state index is 13.4. The molecule has 0 saturated carbocycles. The first-order valence-electron chi connectivity index (χ1n) is 10.3. The van der Waals surface area contributed by atoms with Crippen LogP contribution in [0.3, 0.4) is 0 Å². The van der Waals surface area contributed by atoms with Gasteiger partial charge in [-0.1, -0.05) is 24.6 Å². The number of piperidine rings is 1. The molecule has 1 saturated heterocycles. The van der Waals surface area contributed by atoms with Crippen molar-refractivity contribution in [2.24, 2.45) is 5.92 Å². The van der Waals surface area contributed by atoms with Crippen molar-refractivity contribution in [3.8, 4) is 0 Å². The van der Waals surface area contributed by atoms with Gasteiger partial charge in [0.1, 0.15) is 0 Å². The van der Waals surface area contributed by atoms with E-state index in [0.717, 1.165) is 53.9 Å². The summed E-state index contributed by atoms with van der Waals surface area (Å²) in [6.45, 7) is 9.96. The summed E-state index contributed by atoms with van der Waals surface area (Å²) in [6.07, 6.45) is 3.78. The SMILES string of the molecule is Cc1ccc(Nc2c(C(=O)N3CCC(C)CC3)cnc3nc(C)ccc23)c(C)c1. The second-order valence-corrected chi connectivity index (χ2v) is 8.29. The molecular weight excluding hydrogens is 360 g/mol. The number of anilines is 2. The second-order valence-electron chi connectivity index (χ2n) is 8.29. The molecule has 0 spiro atoms. The quantitative estimate of drug-likeness (QED) is 0.672. The number of rotatable bonds is 3. The van der Waals surface area contributed by atoms with Gasteiger partial charge in [-0.2, -0.15) is 0 Å². The first-order valence-corrected chi connectivity index (χ1v) is 10.3. The van der Waals surface area contributed by atoms with Crippen LogP contribution in [-0.4, -0.2) is 33.9 Å². The summed E-state index contributed by atoms with van der Waals surface area (Å²) in [5.74, 6) is 0.716. The molecule has 0 aliphatic carbocycles. The molecule has 1 aliphatic heterocycles. The molecule has 0 atom stereocenters. The predicted octanol–water partition coefficient (Wildman–Crippen LogP) is 5.17. The van der Waals surface area contributed by atoms with Gasteiger partial charge in [-0.3, -0.25) is 4.79 Å². The fourth-order valence-corrected chi connectivity index (χ4v) is 3.94. The maximum Gasteiger partial charge on any atom is 0.257 e. The highest BCUT2D eigenvalue weighted by Gasteiger charge is 2.25. The first-order chi connectivity index (χ1) is 13.9. The van der Waals surface area contributed by atoms with Crippen molar-refractivity contribution in [1.82, 2.24) is 14.9 Å². The van der Waals surface area contributed by atoms with Crippen LogP contribution in [0.2, 0.25) is 0 Å². The minimum absolute atomic E-state index is 0.0409. The molecule has 2 aromatic heterocycles. The highest BCUT2D eigenvalue weighted by atomic mass is 16.2. The van der Waals surface area contributed by atoms with Crippen molar-refractivity contribution < 1.29 is 4.79 Å². The van der Waals surface area contributed by atoms with Crippen LogP contribution in [0.4, 0.5) is 11.4 Å². The average Bonchev–Trinajstić information content (AvgIpc) is 2.70. The van der Waals surface area contributed by atoms with Crippen LogP contribution in [0, 0.1) is 26.7 Å². The van der Waals surface area contributed by atoms with Gasteiger partial charge in [0.05, 0.1) is 11.3 Å². The largest absolute Gasteiger partial charge is 0.354 e. The molecular formula is C24H28N4O. The molecule has 3 heterocycles. The molecule has 0 unspecified atom stereocenters. The Labute approximate surface area is 172 Å². The summed E-state index contributed by atoms with van der Waals surface area (Å²) in [5, 5.41) is 4.40. The number of aromatic nitrogens is 2. The van der Waals surface area contributed by atoms with Gasteiger partial charge in [0.2, 0.25) is 0 Å². The summed E-state index contributed by atoms with van der Waals surface area (Å²) in [5.41, 5.74) is 6.30. The fraction of sp³-hybridized carbons (Fsp3) is 0.375. The summed E-state index contributed by atoms with van der Waals surface area (Å²) in [4.78, 5) is 24.4. The van der Waals surface area contributed by atoms with E-state index in [0.29, 0.717) is 17.1 Å². The van der Waals surface area contributed by atoms with Crippen LogP contribution in [0.1, 0.15) is 46.9 Å². The van der Waals surface area contributed by atoms with E-state index in [1.54, 1.807) is 6.20 Å². The van der Waals surface area contributed by atoms with Gasteiger partial charge in [-0.05, 0) is 63.3 Å². The van der Waals surface area contributed by atoms with Crippen LogP contribution >= 0.6 is 0 Å². The van der Waals surface area contributed by atoms with Gasteiger partial charge in [0, 0.05) is 36.1 Å². The Balaban J connectivity index is 1.80. The topological polar surface area (TPSA) is 58.1 Å². The molecule has 5 heteroatoms. The van der Waals surface area contributed by atoms with E-state index in [9.17, 15) is 4.79 Å². The van der Waals surface area contributed by atoms with E-state index in [-0.39, 0.29) is 5.91 Å². The Morgan fingerprint density at radius 2 is 1.86 bits per heavy atom. The van der Waals surface area contributed by atoms with Crippen LogP contribution in [0.5, 0.6) is 0 Å². The number of likely N-dealkylation sites (tertiary alicyclic amines) is 1. The highest BCUT2D eigenvalue weighted by molar-refractivity contribution is 6.07. The second kappa shape index (κ2) is 7.82. The third kappa shape index (κ3) is 3.95. The Morgan fingerprint density at radius 3 is 2.59 bits per heavy atom. The van der Waals surface area contributed by atoms with Crippen LogP contribution in [-0.2, 0) is 0 Å². The molecule has 150 valence electrons. The van der Waals surface area contributed by atoms with Gasteiger partial charge in [-0.25, -0.2) is 9.97 Å². The van der Waals surface area contributed by atoms with E-state index in [4.69, 9.17) is 0 Å². The van der Waals surface area contributed by atoms with Crippen molar-refractivity contribution in [2.45, 2.75) is 40.5 Å². The third-order valence-corrected chi connectivity index (χ3v) is 5.81. The highest BCUT2D eigenvalue weighted by Crippen LogP contribution is 2.32. The molecule has 1 N–H and O–H groups in total. The molecule has 1 aromatic carbocycles. The Bertz CT molecular complexity index is 1070. The van der Waals surface area contributed by atoms with Crippen molar-refractivity contribution in [2.75, 3.05) is 18.4 Å². The Kier molecular flexibility index (Phi) is 5.22. The van der Waals surface area contributed by atoms with E-state index in [1.807, 2.05) is 24.0 Å². The number of hydrogen-bond acceptors (Lipinski definition) is 4. The van der Waals surface area contributed by atoms with Crippen LogP contribution < -0.4 is 5.32 Å². The van der Waals surface area contributed by atoms with Gasteiger partial charge in [0.25, 0.3) is 5.91 Å². The van der Waals surface area contributed by atoms with Gasteiger partial charge < -0.3 is 10.2 Å². The number of nitrogens with zero attached hydrogens (tertiary/aromatic N) is 3. The van der Waals surface area contributed by atoms with Crippen LogP contribution in [0.15, 0.2) is 36.5 Å². The summed E-state index contributed by atoms with van der Waals surface area (Å²) >= 11 is 0. The number of hydrogen-bond donors (Lipinski definition) is 1. The Morgan fingerprint density at radius 1 is 1.10 bits per heavy atom. The molecule has 1 fully saturated rings. The number of carbonyl (C=O) groups excluding carboxylic acids is 1. The lowest BCUT2D eigenvalue weighted by Gasteiger charge is -2.31. The lowest BCUT2D eigenvalue weighted by atomic mass is 9.98. The minimum Gasteiger partial charge on any atom is -0.354 e. The lowest BCUT2D eigenvalue weighted by molar-refractivity contribution is 0.0698. The van der Waals surface area contributed by atoms with E-state index < -0.39 is 0 Å². The van der Waals surface area contributed by atoms with Crippen molar-refractivity contribution in [3.05, 3.63) is 58.9 Å². The molecule has 1 aliphatic rings. The zero-order chi connectivity index (χ0) is 20.5. The molecule has 29 heavy (non-hydrogen) atoms. The monoisotopic (exact) mass is 388 g/mol. The smallest absolute Gasteiger partial charge is 0.257 e. The standard InChI is InChI=1S/C24H28N4O/c1-15-9-11-28(12-10-15)24(29)20-14-25-23-19(7-6-18(4)26-23)22(20)27-21-8-5-16(2)13-17(21)3/h5-8,13-15H,9-12H2,1-4H3,(H,25,26,27). The molecule has 5 nitrogen and oxygen atoms in total. The number of fused-ring (bicyclic) bond motifs is 1. The third-order valence-electron chi connectivity index (χ3n) is 5.81. The number of aryl methyl sites for hydroxylation is 3. The number of pyridine rings is 2. The van der Waals surface area contributed by atoms with Crippen molar-refractivity contribution in [3.63, 3.8) is 0 Å². The molecule has 0 bridgehead atoms. The van der Waals surface area contributed by atoms with Crippen LogP contribution in [0.25, 0.3) is 11.0 Å². The zero-order valence-corrected chi connectivity index (χ0v) is 17.6. The maximum absolute atomic E-state index is 13.4. The fourth-order valence-electron chi connectivity index (χ4n) is 3.94. The summed E-state index contributed by atoms with van der Waals surface area (Å²) < 4.78 is 0. The first kappa shape index (κ1) is 19.4. The van der Waals surface area contributed by atoms with E-state index in [1.165, 1.54) is 5.56 Å². The van der Waals surface area contributed by atoms with E-state index in [2.05, 4.69) is 54.3 Å². The molecule has 3 aromatic rings. The number of carbonyl (C=O) groups is 1. The summed E-state index contributed by atoms with van der Waals surface area (Å²) in [6, 6.07) is 10.3. The predicted molar refractivity (Wildman–Crippen MR) is 118 cm³/mol. The minimum atomic E-state index is 0.0409. The Hall–Kier alpha value is -2.95. The number of nitrogens with one attached hydrogen (secondary N) is 1. The van der Waals surface area contributed by atoms with E-state index >= 15 is 0 Å². The van der Waals surface area contributed by atoms with Crippen molar-refractivity contribution >= 4 is 28.3 Å². The number of benzene rings is 1. The van der Waals surface area contributed by atoms with Gasteiger partial charge >= 0.3 is 0 Å².